The van der Waals surface area contributed by atoms with Gasteiger partial charge in [0.15, 0.2) is 0 Å². The van der Waals surface area contributed by atoms with E-state index in [0.717, 1.165) is 17.0 Å². The van der Waals surface area contributed by atoms with Crippen molar-refractivity contribution in [3.8, 4) is 5.75 Å². The van der Waals surface area contributed by atoms with Crippen LogP contribution in [0.1, 0.15) is 11.7 Å². The molecule has 3 nitrogen and oxygen atoms in total. The Hall–Kier alpha value is -2.00. The monoisotopic (exact) mass is 257 g/mol. The lowest BCUT2D eigenvalue weighted by Crippen LogP contribution is -2.24. The summed E-state index contributed by atoms with van der Waals surface area (Å²) >= 11 is 0. The van der Waals surface area contributed by atoms with Crippen LogP contribution < -0.4 is 9.64 Å². The molecule has 0 aliphatic carbocycles. The smallest absolute Gasteiger partial charge is 0.120 e. The highest BCUT2D eigenvalue weighted by Gasteiger charge is 2.11. The Balaban J connectivity index is 2.06. The highest BCUT2D eigenvalue weighted by Crippen LogP contribution is 2.22. The van der Waals surface area contributed by atoms with Gasteiger partial charge in [0.05, 0.1) is 13.2 Å². The molecule has 1 N–H and O–H groups in total. The molecule has 2 aromatic carbocycles. The number of ether oxygens (including phenoxy) is 1. The largest absolute Gasteiger partial charge is 0.497 e. The van der Waals surface area contributed by atoms with Gasteiger partial charge in [-0.15, -0.1) is 0 Å². The summed E-state index contributed by atoms with van der Waals surface area (Å²) in [7, 11) is 3.61. The van der Waals surface area contributed by atoms with Crippen molar-refractivity contribution in [3.63, 3.8) is 0 Å². The van der Waals surface area contributed by atoms with Crippen LogP contribution in [0.2, 0.25) is 0 Å². The molecule has 0 aliphatic heterocycles. The molecule has 0 saturated heterocycles. The van der Waals surface area contributed by atoms with E-state index in [1.807, 2.05) is 66.5 Å². The van der Waals surface area contributed by atoms with Gasteiger partial charge in [0.1, 0.15) is 5.75 Å². The van der Waals surface area contributed by atoms with Crippen molar-refractivity contribution in [2.75, 3.05) is 25.6 Å². The van der Waals surface area contributed by atoms with Crippen molar-refractivity contribution in [1.29, 1.82) is 0 Å². The maximum absolute atomic E-state index is 10.2. The normalized spacial score (nSPS) is 11.9. The molecule has 0 aliphatic rings. The van der Waals surface area contributed by atoms with Crippen LogP contribution in [-0.4, -0.2) is 25.8 Å². The van der Waals surface area contributed by atoms with Crippen LogP contribution in [0.15, 0.2) is 54.6 Å². The topological polar surface area (TPSA) is 32.7 Å². The van der Waals surface area contributed by atoms with Crippen molar-refractivity contribution in [1.82, 2.24) is 0 Å². The number of rotatable bonds is 5. The Morgan fingerprint density at radius 1 is 1.11 bits per heavy atom. The van der Waals surface area contributed by atoms with Gasteiger partial charge in [-0.25, -0.2) is 0 Å². The number of hydrogen-bond acceptors (Lipinski definition) is 3. The molecule has 2 rings (SSSR count). The molecule has 0 amide bonds. The molecule has 0 bridgehead atoms. The number of benzene rings is 2. The SMILES string of the molecule is COc1cccc(N(C)CC(O)c2ccccc2)c1. The van der Waals surface area contributed by atoms with Gasteiger partial charge < -0.3 is 14.7 Å². The quantitative estimate of drug-likeness (QED) is 0.894. The van der Waals surface area contributed by atoms with Gasteiger partial charge in [0.2, 0.25) is 0 Å². The van der Waals surface area contributed by atoms with Gasteiger partial charge in [0.25, 0.3) is 0 Å². The first kappa shape index (κ1) is 13.4. The van der Waals surface area contributed by atoms with E-state index in [1.165, 1.54) is 0 Å². The predicted molar refractivity (Wildman–Crippen MR) is 77.7 cm³/mol. The first-order valence-corrected chi connectivity index (χ1v) is 6.29. The molecule has 3 heteroatoms. The fraction of sp³-hybridized carbons (Fsp3) is 0.250. The number of likely N-dealkylation sites (N-methyl/N-ethyl adjacent to an activating group) is 1. The summed E-state index contributed by atoms with van der Waals surface area (Å²) in [6.45, 7) is 0.539. The molecule has 1 atom stereocenters. The lowest BCUT2D eigenvalue weighted by Gasteiger charge is -2.23. The number of aliphatic hydroxyl groups is 1. The highest BCUT2D eigenvalue weighted by molar-refractivity contribution is 5.50. The first-order valence-electron chi connectivity index (χ1n) is 6.29. The van der Waals surface area contributed by atoms with Crippen LogP contribution >= 0.6 is 0 Å². The molecule has 0 aromatic heterocycles. The standard InChI is InChI=1S/C16H19NO2/c1-17(14-9-6-10-15(11-14)19-2)12-16(18)13-7-4-3-5-8-13/h3-11,16,18H,12H2,1-2H3. The Morgan fingerprint density at radius 3 is 2.53 bits per heavy atom. The third kappa shape index (κ3) is 3.48. The lowest BCUT2D eigenvalue weighted by molar-refractivity contribution is 0.185. The number of anilines is 1. The summed E-state index contributed by atoms with van der Waals surface area (Å²) in [6, 6.07) is 17.5. The van der Waals surface area contributed by atoms with Crippen LogP contribution in [0, 0.1) is 0 Å². The van der Waals surface area contributed by atoms with Crippen molar-refractivity contribution in [2.24, 2.45) is 0 Å². The number of nitrogens with zero attached hydrogens (tertiary/aromatic N) is 1. The van der Waals surface area contributed by atoms with Crippen LogP contribution in [0.3, 0.4) is 0 Å². The molecule has 0 heterocycles. The summed E-state index contributed by atoms with van der Waals surface area (Å²) in [5, 5.41) is 10.2. The maximum Gasteiger partial charge on any atom is 0.120 e. The summed E-state index contributed by atoms with van der Waals surface area (Å²) < 4.78 is 5.21. The van der Waals surface area contributed by atoms with Crippen LogP contribution in [0.4, 0.5) is 5.69 Å². The molecule has 100 valence electrons. The number of aliphatic hydroxyl groups excluding tert-OH is 1. The first-order chi connectivity index (χ1) is 9.20. The molecule has 2 aromatic rings. The van der Waals surface area contributed by atoms with Crippen LogP contribution in [0.5, 0.6) is 5.75 Å². The van der Waals surface area contributed by atoms with E-state index in [0.29, 0.717) is 6.54 Å². The summed E-state index contributed by atoms with van der Waals surface area (Å²) in [5.74, 6) is 0.818. The van der Waals surface area contributed by atoms with E-state index in [4.69, 9.17) is 4.74 Å². The van der Waals surface area contributed by atoms with E-state index in [2.05, 4.69) is 0 Å². The second-order valence-corrected chi connectivity index (χ2v) is 4.51. The van der Waals surface area contributed by atoms with Gasteiger partial charge >= 0.3 is 0 Å². The van der Waals surface area contributed by atoms with Crippen LogP contribution in [-0.2, 0) is 0 Å². The Bertz CT molecular complexity index is 513. The minimum absolute atomic E-state index is 0.502. The van der Waals surface area contributed by atoms with Crippen molar-refractivity contribution < 1.29 is 9.84 Å². The molecule has 0 spiro atoms. The fourth-order valence-corrected chi connectivity index (χ4v) is 1.99. The predicted octanol–water partition coefficient (Wildman–Crippen LogP) is 2.87. The van der Waals surface area contributed by atoms with Gasteiger partial charge in [0, 0.05) is 25.3 Å². The van der Waals surface area contributed by atoms with Crippen molar-refractivity contribution in [3.05, 3.63) is 60.2 Å². The Morgan fingerprint density at radius 2 is 1.84 bits per heavy atom. The molecule has 0 fully saturated rings. The zero-order valence-corrected chi connectivity index (χ0v) is 11.3. The number of methoxy groups -OCH3 is 1. The van der Waals surface area contributed by atoms with E-state index >= 15 is 0 Å². The minimum atomic E-state index is -0.502. The maximum atomic E-state index is 10.2. The summed E-state index contributed by atoms with van der Waals surface area (Å²) in [6.07, 6.45) is -0.502. The van der Waals surface area contributed by atoms with Crippen molar-refractivity contribution >= 4 is 5.69 Å². The van der Waals surface area contributed by atoms with Gasteiger partial charge in [-0.3, -0.25) is 0 Å². The Labute approximate surface area is 114 Å². The Kier molecular flexibility index (Phi) is 4.42. The third-order valence-corrected chi connectivity index (χ3v) is 3.13. The lowest BCUT2D eigenvalue weighted by atomic mass is 10.1. The van der Waals surface area contributed by atoms with Gasteiger partial charge in [-0.1, -0.05) is 36.4 Å². The molecule has 1 unspecified atom stereocenters. The third-order valence-electron chi connectivity index (χ3n) is 3.13. The second-order valence-electron chi connectivity index (χ2n) is 4.51. The average Bonchev–Trinajstić information content (AvgIpc) is 2.48. The van der Waals surface area contributed by atoms with Crippen LogP contribution in [0.25, 0.3) is 0 Å². The minimum Gasteiger partial charge on any atom is -0.497 e. The van der Waals surface area contributed by atoms with E-state index < -0.39 is 6.10 Å². The summed E-state index contributed by atoms with van der Waals surface area (Å²) in [5.41, 5.74) is 1.95. The van der Waals surface area contributed by atoms with E-state index in [-0.39, 0.29) is 0 Å². The van der Waals surface area contributed by atoms with Gasteiger partial charge in [-0.2, -0.15) is 0 Å². The molecule has 0 saturated carbocycles. The molecular formula is C16H19NO2. The molecular weight excluding hydrogens is 238 g/mol. The summed E-state index contributed by atoms with van der Waals surface area (Å²) in [4.78, 5) is 2.01. The molecule has 0 radical (unpaired) electrons. The average molecular weight is 257 g/mol. The fourth-order valence-electron chi connectivity index (χ4n) is 1.99. The van der Waals surface area contributed by atoms with E-state index in [9.17, 15) is 5.11 Å². The van der Waals surface area contributed by atoms with Crippen molar-refractivity contribution in [2.45, 2.75) is 6.10 Å². The zero-order valence-electron chi connectivity index (χ0n) is 11.3. The van der Waals surface area contributed by atoms with Gasteiger partial charge in [-0.05, 0) is 17.7 Å². The van der Waals surface area contributed by atoms with E-state index in [1.54, 1.807) is 7.11 Å². The number of hydrogen-bond donors (Lipinski definition) is 1. The molecule has 19 heavy (non-hydrogen) atoms. The highest BCUT2D eigenvalue weighted by atomic mass is 16.5. The second kappa shape index (κ2) is 6.25. The zero-order chi connectivity index (χ0) is 13.7.